The molecule has 3 atom stereocenters. The standard InChI is InChI=1S/C9H18N2O2/c1-6(10)9(12)11-7-3-4-8(5-7)13-2/h6-8H,3-5,10H2,1-2H3,(H,11,12)/t6-,7?,8?/m0/s1. The summed E-state index contributed by atoms with van der Waals surface area (Å²) in [6.45, 7) is 1.69. The molecule has 1 amide bonds. The number of rotatable bonds is 3. The van der Waals surface area contributed by atoms with Crippen LogP contribution < -0.4 is 11.1 Å². The van der Waals surface area contributed by atoms with Gasteiger partial charge in [0.1, 0.15) is 0 Å². The summed E-state index contributed by atoms with van der Waals surface area (Å²) in [6, 6.07) is -0.162. The maximum absolute atomic E-state index is 11.2. The zero-order chi connectivity index (χ0) is 9.84. The lowest BCUT2D eigenvalue weighted by atomic mass is 10.2. The Bertz CT molecular complexity index is 182. The number of carbonyl (C=O) groups excluding carboxylic acids is 1. The lowest BCUT2D eigenvalue weighted by Gasteiger charge is -2.14. The van der Waals surface area contributed by atoms with Crippen molar-refractivity contribution >= 4 is 5.91 Å². The first kappa shape index (κ1) is 10.5. The molecule has 1 rings (SSSR count). The highest BCUT2D eigenvalue weighted by Gasteiger charge is 2.26. The molecule has 4 nitrogen and oxygen atoms in total. The van der Waals surface area contributed by atoms with Gasteiger partial charge < -0.3 is 15.8 Å². The van der Waals surface area contributed by atoms with Gasteiger partial charge in [-0.2, -0.15) is 0 Å². The minimum Gasteiger partial charge on any atom is -0.381 e. The maximum Gasteiger partial charge on any atom is 0.236 e. The van der Waals surface area contributed by atoms with Crippen LogP contribution in [0.25, 0.3) is 0 Å². The third-order valence-electron chi connectivity index (χ3n) is 2.48. The summed E-state index contributed by atoms with van der Waals surface area (Å²) < 4.78 is 5.20. The summed E-state index contributed by atoms with van der Waals surface area (Å²) >= 11 is 0. The van der Waals surface area contributed by atoms with E-state index in [9.17, 15) is 4.79 Å². The van der Waals surface area contributed by atoms with Gasteiger partial charge in [-0.25, -0.2) is 0 Å². The van der Waals surface area contributed by atoms with E-state index in [0.29, 0.717) is 6.10 Å². The summed E-state index contributed by atoms with van der Waals surface area (Å²) in [4.78, 5) is 11.2. The molecule has 1 fully saturated rings. The monoisotopic (exact) mass is 186 g/mol. The van der Waals surface area contributed by atoms with Gasteiger partial charge in [0.25, 0.3) is 0 Å². The first-order valence-electron chi connectivity index (χ1n) is 4.72. The van der Waals surface area contributed by atoms with Crippen molar-refractivity contribution in [2.75, 3.05) is 7.11 Å². The smallest absolute Gasteiger partial charge is 0.236 e. The van der Waals surface area contributed by atoms with Crippen molar-refractivity contribution in [3.05, 3.63) is 0 Å². The van der Waals surface area contributed by atoms with Gasteiger partial charge in [-0.05, 0) is 26.2 Å². The molecule has 76 valence electrons. The topological polar surface area (TPSA) is 64.3 Å². The molecule has 0 aliphatic heterocycles. The molecule has 0 saturated heterocycles. The predicted octanol–water partition coefficient (Wildman–Crippen LogP) is 0.0173. The van der Waals surface area contributed by atoms with Crippen molar-refractivity contribution in [1.29, 1.82) is 0 Å². The number of carbonyl (C=O) groups is 1. The summed E-state index contributed by atoms with van der Waals surface area (Å²) in [5.74, 6) is -0.0678. The second kappa shape index (κ2) is 4.58. The van der Waals surface area contributed by atoms with E-state index in [-0.39, 0.29) is 11.9 Å². The number of ether oxygens (including phenoxy) is 1. The molecule has 1 aliphatic carbocycles. The average molecular weight is 186 g/mol. The molecule has 0 bridgehead atoms. The molecule has 4 heteroatoms. The van der Waals surface area contributed by atoms with Crippen LogP contribution in [0.15, 0.2) is 0 Å². The van der Waals surface area contributed by atoms with Gasteiger partial charge in [0, 0.05) is 13.2 Å². The Balaban J connectivity index is 2.28. The van der Waals surface area contributed by atoms with Crippen molar-refractivity contribution in [2.45, 2.75) is 44.4 Å². The lowest BCUT2D eigenvalue weighted by Crippen LogP contribution is -2.43. The van der Waals surface area contributed by atoms with E-state index in [1.54, 1.807) is 14.0 Å². The van der Waals surface area contributed by atoms with E-state index >= 15 is 0 Å². The molecule has 2 unspecified atom stereocenters. The zero-order valence-electron chi connectivity index (χ0n) is 8.25. The van der Waals surface area contributed by atoms with Crippen LogP contribution in [0.4, 0.5) is 0 Å². The van der Waals surface area contributed by atoms with Crippen LogP contribution >= 0.6 is 0 Å². The number of hydrogen-bond acceptors (Lipinski definition) is 3. The highest BCUT2D eigenvalue weighted by atomic mass is 16.5. The zero-order valence-corrected chi connectivity index (χ0v) is 8.25. The van der Waals surface area contributed by atoms with E-state index in [2.05, 4.69) is 5.32 Å². The van der Waals surface area contributed by atoms with Crippen molar-refractivity contribution in [3.8, 4) is 0 Å². The Hall–Kier alpha value is -0.610. The molecule has 0 spiro atoms. The van der Waals surface area contributed by atoms with Crippen LogP contribution in [-0.4, -0.2) is 31.2 Å². The average Bonchev–Trinajstić information content (AvgIpc) is 2.52. The highest BCUT2D eigenvalue weighted by Crippen LogP contribution is 2.21. The molecule has 3 N–H and O–H groups in total. The van der Waals surface area contributed by atoms with Gasteiger partial charge in [-0.1, -0.05) is 0 Å². The van der Waals surface area contributed by atoms with E-state index in [1.165, 1.54) is 0 Å². The Labute approximate surface area is 78.8 Å². The molecule has 1 aliphatic rings. The quantitative estimate of drug-likeness (QED) is 0.653. The van der Waals surface area contributed by atoms with E-state index in [4.69, 9.17) is 10.5 Å². The van der Waals surface area contributed by atoms with Crippen LogP contribution in [-0.2, 0) is 9.53 Å². The summed E-state index contributed by atoms with van der Waals surface area (Å²) in [6.07, 6.45) is 3.24. The SMILES string of the molecule is COC1CCC(NC(=O)[C@H](C)N)C1. The van der Waals surface area contributed by atoms with Gasteiger partial charge in [-0.3, -0.25) is 4.79 Å². The number of amides is 1. The Kier molecular flexibility index (Phi) is 3.69. The Morgan fingerprint density at radius 3 is 2.77 bits per heavy atom. The molecule has 0 aromatic heterocycles. The molecule has 0 radical (unpaired) electrons. The second-order valence-electron chi connectivity index (χ2n) is 3.66. The second-order valence-corrected chi connectivity index (χ2v) is 3.66. The molecule has 13 heavy (non-hydrogen) atoms. The summed E-state index contributed by atoms with van der Waals surface area (Å²) in [7, 11) is 1.71. The normalized spacial score (nSPS) is 30.1. The van der Waals surface area contributed by atoms with Gasteiger partial charge in [-0.15, -0.1) is 0 Å². The van der Waals surface area contributed by atoms with Gasteiger partial charge in [0.15, 0.2) is 0 Å². The molecule has 1 saturated carbocycles. The minimum absolute atomic E-state index is 0.0678. The molecule has 0 heterocycles. The minimum atomic E-state index is -0.415. The van der Waals surface area contributed by atoms with Crippen LogP contribution in [0.5, 0.6) is 0 Å². The number of nitrogens with one attached hydrogen (secondary N) is 1. The number of hydrogen-bond donors (Lipinski definition) is 2. The van der Waals surface area contributed by atoms with Crippen LogP contribution in [0.3, 0.4) is 0 Å². The van der Waals surface area contributed by atoms with Crippen molar-refractivity contribution in [1.82, 2.24) is 5.32 Å². The third-order valence-corrected chi connectivity index (χ3v) is 2.48. The van der Waals surface area contributed by atoms with E-state index in [1.807, 2.05) is 0 Å². The number of methoxy groups -OCH3 is 1. The van der Waals surface area contributed by atoms with Crippen molar-refractivity contribution < 1.29 is 9.53 Å². The maximum atomic E-state index is 11.2. The Morgan fingerprint density at radius 1 is 1.62 bits per heavy atom. The predicted molar refractivity (Wildman–Crippen MR) is 50.2 cm³/mol. The Morgan fingerprint density at radius 2 is 2.31 bits per heavy atom. The third kappa shape index (κ3) is 2.97. The van der Waals surface area contributed by atoms with Crippen LogP contribution in [0, 0.1) is 0 Å². The van der Waals surface area contributed by atoms with Crippen LogP contribution in [0.2, 0.25) is 0 Å². The molecule has 0 aromatic carbocycles. The van der Waals surface area contributed by atoms with Crippen molar-refractivity contribution in [3.63, 3.8) is 0 Å². The highest BCUT2D eigenvalue weighted by molar-refractivity contribution is 5.81. The van der Waals surface area contributed by atoms with Gasteiger partial charge in [0.2, 0.25) is 5.91 Å². The molecular weight excluding hydrogens is 168 g/mol. The fourth-order valence-corrected chi connectivity index (χ4v) is 1.62. The lowest BCUT2D eigenvalue weighted by molar-refractivity contribution is -0.122. The number of nitrogens with two attached hydrogens (primary N) is 1. The molecular formula is C9H18N2O2. The van der Waals surface area contributed by atoms with Gasteiger partial charge >= 0.3 is 0 Å². The largest absolute Gasteiger partial charge is 0.381 e. The fraction of sp³-hybridized carbons (Fsp3) is 0.889. The molecule has 0 aromatic rings. The fourth-order valence-electron chi connectivity index (χ4n) is 1.62. The van der Waals surface area contributed by atoms with E-state index < -0.39 is 6.04 Å². The first-order chi connectivity index (χ1) is 6.13. The summed E-state index contributed by atoms with van der Waals surface area (Å²) in [5.41, 5.74) is 5.44. The van der Waals surface area contributed by atoms with Crippen LogP contribution in [0.1, 0.15) is 26.2 Å². The summed E-state index contributed by atoms with van der Waals surface area (Å²) in [5, 5.41) is 2.90. The van der Waals surface area contributed by atoms with Crippen molar-refractivity contribution in [2.24, 2.45) is 5.73 Å². The van der Waals surface area contributed by atoms with Gasteiger partial charge in [0.05, 0.1) is 12.1 Å². The first-order valence-corrected chi connectivity index (χ1v) is 4.72. The van der Waals surface area contributed by atoms with E-state index in [0.717, 1.165) is 19.3 Å².